The van der Waals surface area contributed by atoms with Gasteiger partial charge in [-0.05, 0) is 34.1 Å². The van der Waals surface area contributed by atoms with Crippen LogP contribution < -0.4 is 5.32 Å². The van der Waals surface area contributed by atoms with E-state index in [1.54, 1.807) is 0 Å². The molecular weight excluding hydrogens is 315 g/mol. The molecule has 1 rings (SSSR count). The summed E-state index contributed by atoms with van der Waals surface area (Å²) in [6.07, 6.45) is -4.36. The monoisotopic (exact) mass is 325 g/mol. The average molecular weight is 326 g/mol. The fourth-order valence-corrected chi connectivity index (χ4v) is 1.73. The van der Waals surface area contributed by atoms with E-state index in [1.165, 1.54) is 13.0 Å². The molecular formula is C11H11BrF3NO2. The summed E-state index contributed by atoms with van der Waals surface area (Å²) in [6, 6.07) is 3.30. The van der Waals surface area contributed by atoms with E-state index in [4.69, 9.17) is 0 Å². The summed E-state index contributed by atoms with van der Waals surface area (Å²) in [6.45, 7) is 1.76. The Hall–Kier alpha value is -1.24. The number of alkyl halides is 3. The first-order valence-corrected chi connectivity index (χ1v) is 5.84. The maximum Gasteiger partial charge on any atom is 0.416 e. The van der Waals surface area contributed by atoms with Crippen LogP contribution in [0.1, 0.15) is 12.5 Å². The zero-order valence-electron chi connectivity index (χ0n) is 9.47. The van der Waals surface area contributed by atoms with Gasteiger partial charge in [-0.3, -0.25) is 4.79 Å². The highest BCUT2D eigenvalue weighted by atomic mass is 79.9. The number of benzene rings is 1. The first kappa shape index (κ1) is 14.8. The zero-order valence-corrected chi connectivity index (χ0v) is 11.1. The minimum absolute atomic E-state index is 0.156. The molecule has 0 saturated heterocycles. The van der Waals surface area contributed by atoms with Crippen LogP contribution in [-0.2, 0) is 15.7 Å². The maximum absolute atomic E-state index is 12.4. The lowest BCUT2D eigenvalue weighted by Gasteiger charge is -2.11. The molecule has 18 heavy (non-hydrogen) atoms. The van der Waals surface area contributed by atoms with Crippen molar-refractivity contribution < 1.29 is 22.7 Å². The molecule has 0 radical (unpaired) electrons. The minimum Gasteiger partial charge on any atom is -0.464 e. The number of nitrogens with one attached hydrogen (secondary N) is 1. The first-order valence-electron chi connectivity index (χ1n) is 5.04. The minimum atomic E-state index is -4.36. The van der Waals surface area contributed by atoms with E-state index in [0.717, 1.165) is 12.1 Å². The van der Waals surface area contributed by atoms with Gasteiger partial charge in [0.25, 0.3) is 0 Å². The highest BCUT2D eigenvalue weighted by molar-refractivity contribution is 9.10. The van der Waals surface area contributed by atoms with Gasteiger partial charge in [-0.2, -0.15) is 13.2 Å². The Morgan fingerprint density at radius 1 is 1.44 bits per heavy atom. The Morgan fingerprint density at radius 2 is 2.11 bits per heavy atom. The Kier molecular flexibility index (Phi) is 5.01. The molecule has 0 aliphatic heterocycles. The van der Waals surface area contributed by atoms with Crippen LogP contribution in [0.5, 0.6) is 0 Å². The fourth-order valence-electron chi connectivity index (χ4n) is 1.22. The number of hydrogen-bond acceptors (Lipinski definition) is 3. The summed E-state index contributed by atoms with van der Waals surface area (Å²) in [5.41, 5.74) is -0.213. The summed E-state index contributed by atoms with van der Waals surface area (Å²) >= 11 is 3.05. The molecule has 0 amide bonds. The van der Waals surface area contributed by atoms with Gasteiger partial charge in [0.2, 0.25) is 0 Å². The summed E-state index contributed by atoms with van der Waals surface area (Å²) in [4.78, 5) is 10.5. The van der Waals surface area contributed by atoms with Crippen LogP contribution in [0, 0.1) is 0 Å². The molecule has 0 aliphatic carbocycles. The van der Waals surface area contributed by atoms with E-state index >= 15 is 0 Å². The molecule has 0 saturated carbocycles. The summed E-state index contributed by atoms with van der Waals surface area (Å²) in [7, 11) is 0. The van der Waals surface area contributed by atoms with Crippen LogP contribution in [0.4, 0.5) is 18.9 Å². The van der Waals surface area contributed by atoms with Gasteiger partial charge in [0.1, 0.15) is 6.61 Å². The van der Waals surface area contributed by atoms with Crippen molar-refractivity contribution in [3.8, 4) is 0 Å². The standard InChI is InChI=1S/C11H11BrF3NO2/c1-7(17)18-5-4-16-10-3-2-8(6-9(10)12)11(13,14)15/h2-3,6,16H,4-5H2,1H3. The second-order valence-electron chi connectivity index (χ2n) is 3.46. The molecule has 0 heterocycles. The molecule has 1 aromatic carbocycles. The number of hydrogen-bond donors (Lipinski definition) is 1. The molecule has 1 aromatic rings. The normalized spacial score (nSPS) is 11.2. The van der Waals surface area contributed by atoms with Gasteiger partial charge in [-0.25, -0.2) is 0 Å². The van der Waals surface area contributed by atoms with Gasteiger partial charge in [-0.1, -0.05) is 0 Å². The highest BCUT2D eigenvalue weighted by Gasteiger charge is 2.30. The molecule has 0 unspecified atom stereocenters. The molecule has 0 spiro atoms. The van der Waals surface area contributed by atoms with Crippen molar-refractivity contribution in [2.45, 2.75) is 13.1 Å². The molecule has 1 N–H and O–H groups in total. The lowest BCUT2D eigenvalue weighted by atomic mass is 10.2. The van der Waals surface area contributed by atoms with Gasteiger partial charge in [0, 0.05) is 23.6 Å². The van der Waals surface area contributed by atoms with Crippen LogP contribution in [0.15, 0.2) is 22.7 Å². The summed E-state index contributed by atoms with van der Waals surface area (Å²) < 4.78 is 42.2. The predicted molar refractivity (Wildman–Crippen MR) is 64.3 cm³/mol. The lowest BCUT2D eigenvalue weighted by molar-refractivity contribution is -0.140. The van der Waals surface area contributed by atoms with E-state index in [1.807, 2.05) is 0 Å². The van der Waals surface area contributed by atoms with E-state index < -0.39 is 17.7 Å². The van der Waals surface area contributed by atoms with Crippen molar-refractivity contribution in [2.75, 3.05) is 18.5 Å². The van der Waals surface area contributed by atoms with Gasteiger partial charge in [-0.15, -0.1) is 0 Å². The number of anilines is 1. The third kappa shape index (κ3) is 4.56. The fraction of sp³-hybridized carbons (Fsp3) is 0.364. The molecule has 7 heteroatoms. The highest BCUT2D eigenvalue weighted by Crippen LogP contribution is 2.33. The Morgan fingerprint density at radius 3 is 2.61 bits per heavy atom. The third-order valence-electron chi connectivity index (χ3n) is 2.02. The smallest absolute Gasteiger partial charge is 0.416 e. The van der Waals surface area contributed by atoms with Gasteiger partial charge >= 0.3 is 12.1 Å². The molecule has 0 aromatic heterocycles. The largest absolute Gasteiger partial charge is 0.464 e. The molecule has 100 valence electrons. The van der Waals surface area contributed by atoms with E-state index in [-0.39, 0.29) is 6.61 Å². The number of rotatable bonds is 4. The quantitative estimate of drug-likeness (QED) is 0.680. The molecule has 0 atom stereocenters. The van der Waals surface area contributed by atoms with E-state index in [0.29, 0.717) is 16.7 Å². The second kappa shape index (κ2) is 6.08. The number of carbonyl (C=O) groups is 1. The molecule has 0 fully saturated rings. The number of esters is 1. The van der Waals surface area contributed by atoms with E-state index in [9.17, 15) is 18.0 Å². The Labute approximate surface area is 110 Å². The second-order valence-corrected chi connectivity index (χ2v) is 4.31. The Bertz CT molecular complexity index is 435. The number of halogens is 4. The van der Waals surface area contributed by atoms with Crippen LogP contribution in [0.3, 0.4) is 0 Å². The van der Waals surface area contributed by atoms with Crippen LogP contribution in [0.2, 0.25) is 0 Å². The van der Waals surface area contributed by atoms with E-state index in [2.05, 4.69) is 26.0 Å². The molecule has 3 nitrogen and oxygen atoms in total. The van der Waals surface area contributed by atoms with Gasteiger partial charge in [0.15, 0.2) is 0 Å². The van der Waals surface area contributed by atoms with Crippen molar-refractivity contribution in [1.29, 1.82) is 0 Å². The predicted octanol–water partition coefficient (Wildman–Crippen LogP) is 3.44. The van der Waals surface area contributed by atoms with Crippen molar-refractivity contribution >= 4 is 27.6 Å². The number of carbonyl (C=O) groups excluding carboxylic acids is 1. The zero-order chi connectivity index (χ0) is 13.8. The van der Waals surface area contributed by atoms with Crippen molar-refractivity contribution in [1.82, 2.24) is 0 Å². The summed E-state index contributed by atoms with van der Waals surface area (Å²) in [5.74, 6) is -0.400. The van der Waals surface area contributed by atoms with Crippen molar-refractivity contribution in [2.24, 2.45) is 0 Å². The average Bonchev–Trinajstić information content (AvgIpc) is 2.24. The first-order chi connectivity index (χ1) is 8.30. The number of ether oxygens (including phenoxy) is 1. The third-order valence-corrected chi connectivity index (χ3v) is 2.68. The summed E-state index contributed by atoms with van der Waals surface area (Å²) in [5, 5.41) is 2.86. The van der Waals surface area contributed by atoms with Crippen molar-refractivity contribution in [3.63, 3.8) is 0 Å². The Balaban J connectivity index is 2.60. The van der Waals surface area contributed by atoms with Crippen LogP contribution in [0.25, 0.3) is 0 Å². The van der Waals surface area contributed by atoms with Crippen LogP contribution >= 0.6 is 15.9 Å². The van der Waals surface area contributed by atoms with Gasteiger partial charge < -0.3 is 10.1 Å². The lowest BCUT2D eigenvalue weighted by Crippen LogP contribution is -2.12. The maximum atomic E-state index is 12.4. The molecule has 0 bridgehead atoms. The van der Waals surface area contributed by atoms with Crippen molar-refractivity contribution in [3.05, 3.63) is 28.2 Å². The molecule has 0 aliphatic rings. The van der Waals surface area contributed by atoms with Gasteiger partial charge in [0.05, 0.1) is 5.56 Å². The topological polar surface area (TPSA) is 38.3 Å². The SMILES string of the molecule is CC(=O)OCCNc1ccc(C(F)(F)F)cc1Br. The van der Waals surface area contributed by atoms with Crippen LogP contribution in [-0.4, -0.2) is 19.1 Å².